The van der Waals surface area contributed by atoms with Crippen molar-refractivity contribution in [3.8, 4) is 5.75 Å². The highest BCUT2D eigenvalue weighted by Crippen LogP contribution is 2.26. The quantitative estimate of drug-likeness (QED) is 0.885. The van der Waals surface area contributed by atoms with Crippen molar-refractivity contribution in [3.05, 3.63) is 28.8 Å². The Kier molecular flexibility index (Phi) is 4.09. The van der Waals surface area contributed by atoms with E-state index in [0.29, 0.717) is 18.0 Å². The summed E-state index contributed by atoms with van der Waals surface area (Å²) in [6, 6.07) is 4.59. The molecule has 0 amide bonds. The van der Waals surface area contributed by atoms with Crippen molar-refractivity contribution in [3.63, 3.8) is 0 Å². The number of phenolic OH excluding ortho intramolecular Hbond substituents is 1. The molecule has 0 spiro atoms. The van der Waals surface area contributed by atoms with Crippen molar-refractivity contribution in [2.75, 3.05) is 6.54 Å². The maximum absolute atomic E-state index is 11.2. The Morgan fingerprint density at radius 2 is 2.22 bits per heavy atom. The Balaban J connectivity index is 2.10. The normalized spacial score (nSPS) is 20.8. The van der Waals surface area contributed by atoms with Gasteiger partial charge in [-0.05, 0) is 37.1 Å². The summed E-state index contributed by atoms with van der Waals surface area (Å²) in [5.41, 5.74) is 0.922. The monoisotopic (exact) mass is 269 g/mol. The van der Waals surface area contributed by atoms with Crippen LogP contribution in [-0.4, -0.2) is 33.7 Å². The van der Waals surface area contributed by atoms with Gasteiger partial charge in [-0.25, -0.2) is 0 Å². The van der Waals surface area contributed by atoms with Crippen LogP contribution in [-0.2, 0) is 11.3 Å². The summed E-state index contributed by atoms with van der Waals surface area (Å²) in [6.45, 7) is 1.34. The lowest BCUT2D eigenvalue weighted by Gasteiger charge is -2.32. The second-order valence-electron chi connectivity index (χ2n) is 4.61. The number of hydrogen-bond acceptors (Lipinski definition) is 3. The molecule has 1 atom stereocenters. The Hall–Kier alpha value is -1.26. The number of aromatic hydroxyl groups is 1. The van der Waals surface area contributed by atoms with Gasteiger partial charge in [0.15, 0.2) is 0 Å². The van der Waals surface area contributed by atoms with Gasteiger partial charge in [0, 0.05) is 6.54 Å². The topological polar surface area (TPSA) is 60.8 Å². The van der Waals surface area contributed by atoms with Gasteiger partial charge in [-0.15, -0.1) is 0 Å². The van der Waals surface area contributed by atoms with Gasteiger partial charge in [-0.1, -0.05) is 24.1 Å². The largest absolute Gasteiger partial charge is 0.506 e. The summed E-state index contributed by atoms with van der Waals surface area (Å²) in [6.07, 6.45) is 2.68. The Morgan fingerprint density at radius 1 is 1.44 bits per heavy atom. The van der Waals surface area contributed by atoms with E-state index < -0.39 is 12.0 Å². The number of carboxylic acid groups (broad SMARTS) is 1. The fourth-order valence-corrected chi connectivity index (χ4v) is 2.55. The Bertz CT molecular complexity index is 450. The highest BCUT2D eigenvalue weighted by molar-refractivity contribution is 6.32. The molecule has 5 heteroatoms. The Morgan fingerprint density at radius 3 is 2.89 bits per heavy atom. The van der Waals surface area contributed by atoms with Crippen molar-refractivity contribution < 1.29 is 15.0 Å². The van der Waals surface area contributed by atoms with Gasteiger partial charge >= 0.3 is 5.97 Å². The molecule has 0 saturated carbocycles. The molecule has 2 rings (SSSR count). The fourth-order valence-electron chi connectivity index (χ4n) is 2.34. The van der Waals surface area contributed by atoms with Crippen LogP contribution in [0.1, 0.15) is 24.8 Å². The number of aliphatic carboxylic acids is 1. The van der Waals surface area contributed by atoms with Crippen molar-refractivity contribution in [1.82, 2.24) is 4.90 Å². The number of rotatable bonds is 3. The van der Waals surface area contributed by atoms with Gasteiger partial charge in [0.1, 0.15) is 11.8 Å². The molecule has 1 unspecified atom stereocenters. The standard InChI is InChI=1S/C13H16ClNO3/c14-10-7-9(4-5-12(10)16)8-15-6-2-1-3-11(15)13(17)18/h4-5,7,11,16H,1-3,6,8H2,(H,17,18). The van der Waals surface area contributed by atoms with Crippen molar-refractivity contribution in [2.24, 2.45) is 0 Å². The molecular weight excluding hydrogens is 254 g/mol. The summed E-state index contributed by atoms with van der Waals surface area (Å²) in [5, 5.41) is 18.8. The molecule has 0 aromatic heterocycles. The highest BCUT2D eigenvalue weighted by atomic mass is 35.5. The molecule has 18 heavy (non-hydrogen) atoms. The minimum absolute atomic E-state index is 0.0499. The lowest BCUT2D eigenvalue weighted by Crippen LogP contribution is -2.43. The average Bonchev–Trinajstić information content (AvgIpc) is 2.34. The molecule has 1 saturated heterocycles. The first kappa shape index (κ1) is 13.2. The molecule has 1 aromatic carbocycles. The molecule has 1 fully saturated rings. The maximum atomic E-state index is 11.2. The van der Waals surface area contributed by atoms with Gasteiger partial charge in [0.2, 0.25) is 0 Å². The third-order valence-electron chi connectivity index (χ3n) is 3.30. The van der Waals surface area contributed by atoms with E-state index in [1.807, 2.05) is 4.90 Å². The van der Waals surface area contributed by atoms with E-state index in [0.717, 1.165) is 24.9 Å². The highest BCUT2D eigenvalue weighted by Gasteiger charge is 2.28. The molecule has 0 radical (unpaired) electrons. The molecule has 0 bridgehead atoms. The van der Waals surface area contributed by atoms with Crippen LogP contribution in [0.3, 0.4) is 0 Å². The molecule has 1 aliphatic rings. The zero-order valence-corrected chi connectivity index (χ0v) is 10.7. The lowest BCUT2D eigenvalue weighted by molar-refractivity contribution is -0.144. The molecule has 1 heterocycles. The number of hydrogen-bond donors (Lipinski definition) is 2. The predicted molar refractivity (Wildman–Crippen MR) is 68.8 cm³/mol. The van der Waals surface area contributed by atoms with E-state index in [9.17, 15) is 15.0 Å². The van der Waals surface area contributed by atoms with Crippen LogP contribution in [0.15, 0.2) is 18.2 Å². The van der Waals surface area contributed by atoms with Crippen LogP contribution < -0.4 is 0 Å². The number of nitrogens with zero attached hydrogens (tertiary/aromatic N) is 1. The minimum atomic E-state index is -0.764. The van der Waals surface area contributed by atoms with Crippen LogP contribution >= 0.6 is 11.6 Å². The van der Waals surface area contributed by atoms with Crippen molar-refractivity contribution in [1.29, 1.82) is 0 Å². The van der Waals surface area contributed by atoms with Gasteiger partial charge in [-0.3, -0.25) is 9.69 Å². The van der Waals surface area contributed by atoms with Gasteiger partial charge < -0.3 is 10.2 Å². The average molecular weight is 270 g/mol. The zero-order valence-electron chi connectivity index (χ0n) is 9.97. The molecule has 4 nitrogen and oxygen atoms in total. The van der Waals surface area contributed by atoms with Gasteiger partial charge in [0.25, 0.3) is 0 Å². The Labute approximate surface area is 111 Å². The number of piperidine rings is 1. The van der Waals surface area contributed by atoms with E-state index in [1.165, 1.54) is 6.07 Å². The number of halogens is 1. The second-order valence-corrected chi connectivity index (χ2v) is 5.01. The van der Waals surface area contributed by atoms with Crippen LogP contribution in [0, 0.1) is 0 Å². The first-order valence-electron chi connectivity index (χ1n) is 6.02. The van der Waals surface area contributed by atoms with Crippen LogP contribution in [0.5, 0.6) is 5.75 Å². The third kappa shape index (κ3) is 2.94. The molecule has 0 aliphatic carbocycles. The number of carboxylic acids is 1. The smallest absolute Gasteiger partial charge is 0.320 e. The van der Waals surface area contributed by atoms with Crippen molar-refractivity contribution in [2.45, 2.75) is 31.8 Å². The van der Waals surface area contributed by atoms with Crippen LogP contribution in [0.25, 0.3) is 0 Å². The zero-order chi connectivity index (χ0) is 13.1. The third-order valence-corrected chi connectivity index (χ3v) is 3.60. The molecule has 1 aromatic rings. The van der Waals surface area contributed by atoms with E-state index in [2.05, 4.69) is 0 Å². The van der Waals surface area contributed by atoms with E-state index in [4.69, 9.17) is 11.6 Å². The molecule has 1 aliphatic heterocycles. The SMILES string of the molecule is O=C(O)C1CCCCN1Cc1ccc(O)c(Cl)c1. The van der Waals surface area contributed by atoms with Gasteiger partial charge in [-0.2, -0.15) is 0 Å². The van der Waals surface area contributed by atoms with E-state index in [-0.39, 0.29) is 5.75 Å². The number of phenols is 1. The summed E-state index contributed by atoms with van der Waals surface area (Å²) in [7, 11) is 0. The second kappa shape index (κ2) is 5.59. The van der Waals surface area contributed by atoms with Crippen LogP contribution in [0.4, 0.5) is 0 Å². The fraction of sp³-hybridized carbons (Fsp3) is 0.462. The molecule has 98 valence electrons. The number of likely N-dealkylation sites (tertiary alicyclic amines) is 1. The summed E-state index contributed by atoms with van der Waals surface area (Å²) in [5.74, 6) is -0.714. The lowest BCUT2D eigenvalue weighted by atomic mass is 10.0. The van der Waals surface area contributed by atoms with Gasteiger partial charge in [0.05, 0.1) is 5.02 Å². The first-order valence-corrected chi connectivity index (χ1v) is 6.40. The molecule has 2 N–H and O–H groups in total. The van der Waals surface area contributed by atoms with Crippen molar-refractivity contribution >= 4 is 17.6 Å². The minimum Gasteiger partial charge on any atom is -0.506 e. The van der Waals surface area contributed by atoms with Crippen LogP contribution in [0.2, 0.25) is 5.02 Å². The molecular formula is C13H16ClNO3. The van der Waals surface area contributed by atoms with E-state index >= 15 is 0 Å². The van der Waals surface area contributed by atoms with E-state index in [1.54, 1.807) is 12.1 Å². The summed E-state index contributed by atoms with van der Waals surface area (Å²) in [4.78, 5) is 13.1. The predicted octanol–water partition coefficient (Wildman–Crippen LogP) is 2.48. The number of benzene rings is 1. The maximum Gasteiger partial charge on any atom is 0.320 e. The summed E-state index contributed by atoms with van der Waals surface area (Å²) < 4.78 is 0. The number of carbonyl (C=O) groups is 1. The summed E-state index contributed by atoms with van der Waals surface area (Å²) >= 11 is 5.85. The first-order chi connectivity index (χ1) is 8.58.